The van der Waals surface area contributed by atoms with Crippen LogP contribution in [0.2, 0.25) is 0 Å². The molecular weight excluding hydrogens is 404 g/mol. The number of fused-ring (bicyclic) bond motifs is 1. The first-order valence-corrected chi connectivity index (χ1v) is 11.4. The third kappa shape index (κ3) is 4.22. The summed E-state index contributed by atoms with van der Waals surface area (Å²) in [5.41, 5.74) is 0. The molecule has 0 radical (unpaired) electrons. The van der Waals surface area contributed by atoms with Gasteiger partial charge in [0.05, 0.1) is 0 Å². The van der Waals surface area contributed by atoms with E-state index in [-0.39, 0.29) is 5.91 Å². The van der Waals surface area contributed by atoms with Crippen molar-refractivity contribution in [3.63, 3.8) is 0 Å². The Balaban J connectivity index is 1.45. The molecular formula is C19H28N8O2S. The molecule has 0 saturated carbocycles. The number of nitrogens with one attached hydrogen (secondary N) is 1. The zero-order valence-electron chi connectivity index (χ0n) is 17.4. The van der Waals surface area contributed by atoms with Crippen molar-refractivity contribution < 1.29 is 9.59 Å². The van der Waals surface area contributed by atoms with E-state index < -0.39 is 18.2 Å². The number of urea groups is 1. The molecule has 4 heterocycles. The number of thioether (sulfide) groups is 1. The van der Waals surface area contributed by atoms with E-state index in [9.17, 15) is 9.59 Å². The number of aliphatic imine (C=N–C) groups is 1. The van der Waals surface area contributed by atoms with Crippen LogP contribution in [0.4, 0.5) is 4.79 Å². The number of carbonyl (C=O) groups excluding carboxylic acids is 2. The summed E-state index contributed by atoms with van der Waals surface area (Å²) in [6.07, 6.45) is 3.85. The SMILES string of the molecule is CCN1CCN(C2=NC3C(C(=O)NC(=O)N3C)N2CCCSc2ncccn2)CC1. The predicted molar refractivity (Wildman–Crippen MR) is 114 cm³/mol. The molecule has 0 aromatic carbocycles. The summed E-state index contributed by atoms with van der Waals surface area (Å²) < 4.78 is 0. The van der Waals surface area contributed by atoms with Crippen molar-refractivity contribution >= 4 is 29.7 Å². The van der Waals surface area contributed by atoms with E-state index >= 15 is 0 Å². The highest BCUT2D eigenvalue weighted by molar-refractivity contribution is 7.99. The molecule has 11 heteroatoms. The lowest BCUT2D eigenvalue weighted by atomic mass is 10.1. The highest BCUT2D eigenvalue weighted by Gasteiger charge is 2.49. The number of likely N-dealkylation sites (N-methyl/N-ethyl adjacent to an activating group) is 2. The van der Waals surface area contributed by atoms with E-state index in [1.54, 1.807) is 37.3 Å². The molecule has 2 atom stereocenters. The molecule has 1 N–H and O–H groups in total. The molecule has 2 saturated heterocycles. The van der Waals surface area contributed by atoms with E-state index in [4.69, 9.17) is 4.99 Å². The Morgan fingerprint density at radius 1 is 1.17 bits per heavy atom. The van der Waals surface area contributed by atoms with Crippen molar-refractivity contribution in [3.05, 3.63) is 18.5 Å². The van der Waals surface area contributed by atoms with Gasteiger partial charge in [0.2, 0.25) is 0 Å². The number of amides is 3. The highest BCUT2D eigenvalue weighted by atomic mass is 32.2. The van der Waals surface area contributed by atoms with E-state index in [2.05, 4.69) is 36.9 Å². The van der Waals surface area contributed by atoms with Crippen LogP contribution < -0.4 is 5.32 Å². The third-order valence-electron chi connectivity index (χ3n) is 5.76. The van der Waals surface area contributed by atoms with Crippen LogP contribution in [0.15, 0.2) is 28.6 Å². The van der Waals surface area contributed by atoms with Crippen molar-refractivity contribution in [1.82, 2.24) is 34.9 Å². The van der Waals surface area contributed by atoms with E-state index in [0.29, 0.717) is 6.54 Å². The quantitative estimate of drug-likeness (QED) is 0.385. The highest BCUT2D eigenvalue weighted by Crippen LogP contribution is 2.26. The maximum Gasteiger partial charge on any atom is 0.325 e. The lowest BCUT2D eigenvalue weighted by Gasteiger charge is -2.40. The van der Waals surface area contributed by atoms with Gasteiger partial charge in [-0.15, -0.1) is 0 Å². The zero-order valence-corrected chi connectivity index (χ0v) is 18.2. The molecule has 2 fully saturated rings. The maximum absolute atomic E-state index is 12.7. The largest absolute Gasteiger partial charge is 0.340 e. The molecule has 4 rings (SSSR count). The number of piperazine rings is 1. The molecule has 0 aliphatic carbocycles. The Morgan fingerprint density at radius 2 is 1.90 bits per heavy atom. The number of guanidine groups is 1. The first-order chi connectivity index (χ1) is 14.6. The summed E-state index contributed by atoms with van der Waals surface area (Å²) in [4.78, 5) is 46.4. The Hall–Kier alpha value is -2.40. The summed E-state index contributed by atoms with van der Waals surface area (Å²) in [6, 6.07) is 0.929. The molecule has 0 spiro atoms. The number of aromatic nitrogens is 2. The molecule has 2 unspecified atom stereocenters. The van der Waals surface area contributed by atoms with Gasteiger partial charge in [0.1, 0.15) is 0 Å². The smallest absolute Gasteiger partial charge is 0.325 e. The lowest BCUT2D eigenvalue weighted by Crippen LogP contribution is -2.64. The predicted octanol–water partition coefficient (Wildman–Crippen LogP) is 0.144. The first kappa shape index (κ1) is 20.9. The fourth-order valence-corrected chi connectivity index (χ4v) is 4.76. The van der Waals surface area contributed by atoms with Crippen LogP contribution in [0.5, 0.6) is 0 Å². The Bertz CT molecular complexity index is 799. The summed E-state index contributed by atoms with van der Waals surface area (Å²) in [7, 11) is 1.70. The standard InChI is InChI=1S/C19H28N8O2S/c1-3-25-9-11-26(12-10-25)18-22-15-14(16(28)23-19(29)24(15)2)27(18)8-5-13-30-17-20-6-4-7-21-17/h4,6-7,14-15H,3,5,8-13H2,1-2H3,(H,23,28,29). The van der Waals surface area contributed by atoms with Crippen LogP contribution >= 0.6 is 11.8 Å². The van der Waals surface area contributed by atoms with E-state index in [1.165, 1.54) is 4.90 Å². The molecule has 3 aliphatic rings. The van der Waals surface area contributed by atoms with Crippen molar-refractivity contribution in [2.24, 2.45) is 4.99 Å². The average Bonchev–Trinajstić information content (AvgIpc) is 3.16. The number of carbonyl (C=O) groups is 2. The number of nitrogens with zero attached hydrogens (tertiary/aromatic N) is 7. The van der Waals surface area contributed by atoms with Crippen molar-refractivity contribution in [2.75, 3.05) is 52.1 Å². The maximum atomic E-state index is 12.7. The molecule has 10 nitrogen and oxygen atoms in total. The zero-order chi connectivity index (χ0) is 21.1. The third-order valence-corrected chi connectivity index (χ3v) is 6.72. The number of imide groups is 1. The van der Waals surface area contributed by atoms with Crippen LogP contribution in [0.1, 0.15) is 13.3 Å². The van der Waals surface area contributed by atoms with Crippen LogP contribution in [0.25, 0.3) is 0 Å². The van der Waals surface area contributed by atoms with Crippen LogP contribution in [0, 0.1) is 0 Å². The van der Waals surface area contributed by atoms with Gasteiger partial charge in [-0.2, -0.15) is 0 Å². The van der Waals surface area contributed by atoms with E-state index in [1.807, 2.05) is 0 Å². The van der Waals surface area contributed by atoms with Crippen LogP contribution in [-0.2, 0) is 4.79 Å². The van der Waals surface area contributed by atoms with Gasteiger partial charge in [-0.1, -0.05) is 18.7 Å². The Kier molecular flexibility index (Phi) is 6.38. The minimum absolute atomic E-state index is 0.270. The fraction of sp³-hybridized carbons (Fsp3) is 0.632. The summed E-state index contributed by atoms with van der Waals surface area (Å²) in [5, 5.41) is 3.22. The van der Waals surface area contributed by atoms with Gasteiger partial charge < -0.3 is 19.6 Å². The molecule has 3 amide bonds. The van der Waals surface area contributed by atoms with Gasteiger partial charge in [0, 0.05) is 57.9 Å². The monoisotopic (exact) mass is 432 g/mol. The molecule has 30 heavy (non-hydrogen) atoms. The molecule has 162 valence electrons. The molecule has 1 aromatic heterocycles. The lowest BCUT2D eigenvalue weighted by molar-refractivity contribution is -0.127. The molecule has 1 aromatic rings. The van der Waals surface area contributed by atoms with Crippen molar-refractivity contribution in [1.29, 1.82) is 0 Å². The van der Waals surface area contributed by atoms with Gasteiger partial charge >= 0.3 is 6.03 Å². The second-order valence-electron chi connectivity index (χ2n) is 7.54. The minimum Gasteiger partial charge on any atom is -0.340 e. The number of rotatable bonds is 6. The molecule has 3 aliphatic heterocycles. The normalized spacial score (nSPS) is 24.7. The summed E-state index contributed by atoms with van der Waals surface area (Å²) >= 11 is 1.60. The van der Waals surface area contributed by atoms with Gasteiger partial charge in [0.25, 0.3) is 5.91 Å². The summed E-state index contributed by atoms with van der Waals surface area (Å²) in [5.74, 6) is 1.40. The number of hydrogen-bond acceptors (Lipinski definition) is 9. The van der Waals surface area contributed by atoms with Gasteiger partial charge in [-0.25, -0.2) is 19.8 Å². The summed E-state index contributed by atoms with van der Waals surface area (Å²) in [6.45, 7) is 7.57. The van der Waals surface area contributed by atoms with Gasteiger partial charge in [0.15, 0.2) is 23.3 Å². The van der Waals surface area contributed by atoms with Crippen molar-refractivity contribution in [3.8, 4) is 0 Å². The Labute approximate surface area is 180 Å². The number of hydrogen-bond donors (Lipinski definition) is 1. The Morgan fingerprint density at radius 3 is 2.60 bits per heavy atom. The van der Waals surface area contributed by atoms with E-state index in [0.717, 1.165) is 56.0 Å². The van der Waals surface area contributed by atoms with Gasteiger partial charge in [-0.3, -0.25) is 10.1 Å². The van der Waals surface area contributed by atoms with Gasteiger partial charge in [-0.05, 0) is 19.0 Å². The average molecular weight is 433 g/mol. The second-order valence-corrected chi connectivity index (χ2v) is 8.60. The fourth-order valence-electron chi connectivity index (χ4n) is 4.04. The van der Waals surface area contributed by atoms with Crippen LogP contribution in [0.3, 0.4) is 0 Å². The van der Waals surface area contributed by atoms with Crippen LogP contribution in [-0.4, -0.2) is 112 Å². The second kappa shape index (κ2) is 9.17. The minimum atomic E-state index is -0.482. The molecule has 0 bridgehead atoms. The first-order valence-electron chi connectivity index (χ1n) is 10.4. The van der Waals surface area contributed by atoms with Crippen molar-refractivity contribution in [2.45, 2.75) is 30.7 Å². The topological polar surface area (TPSA) is 97.3 Å².